The second kappa shape index (κ2) is 6.61. The van der Waals surface area contributed by atoms with E-state index in [0.29, 0.717) is 0 Å². The highest BCUT2D eigenvalue weighted by molar-refractivity contribution is 5.79. The first-order chi connectivity index (χ1) is 9.61. The molecule has 0 saturated carbocycles. The monoisotopic (exact) mass is 277 g/mol. The average Bonchev–Trinajstić information content (AvgIpc) is 2.72. The number of carbonyl (C=O) groups excluding carboxylic acids is 1. The Labute approximate surface area is 120 Å². The van der Waals surface area contributed by atoms with E-state index in [2.05, 4.69) is 21.9 Å². The number of ether oxygens (including phenoxy) is 1. The molecule has 0 radical (unpaired) electrons. The maximum atomic E-state index is 11.3. The zero-order chi connectivity index (χ0) is 14.5. The molecule has 1 atom stereocenters. The number of primary amides is 1. The van der Waals surface area contributed by atoms with Gasteiger partial charge in [-0.15, -0.1) is 0 Å². The number of hydrogen-bond acceptors (Lipinski definition) is 4. The van der Waals surface area contributed by atoms with Gasteiger partial charge in [0, 0.05) is 31.9 Å². The van der Waals surface area contributed by atoms with Crippen LogP contribution in [0.25, 0.3) is 0 Å². The minimum absolute atomic E-state index is 0.189. The van der Waals surface area contributed by atoms with Crippen LogP contribution >= 0.6 is 0 Å². The van der Waals surface area contributed by atoms with E-state index in [1.165, 1.54) is 5.69 Å². The van der Waals surface area contributed by atoms with Gasteiger partial charge in [-0.1, -0.05) is 0 Å². The Balaban J connectivity index is 1.99. The predicted molar refractivity (Wildman–Crippen MR) is 80.1 cm³/mol. The van der Waals surface area contributed by atoms with E-state index < -0.39 is 0 Å². The molecule has 2 rings (SSSR count). The molecule has 2 N–H and O–H groups in total. The standard InChI is InChI=1S/C15H23N3O2/c1-12(15(16)19)17-8-3-9-18(11-10-17)13-4-6-14(20-2)7-5-13/h4-7,12H,3,8-11H2,1-2H3,(H2,16,19)/t12-/m0/s1. The summed E-state index contributed by atoms with van der Waals surface area (Å²) in [7, 11) is 1.67. The SMILES string of the molecule is COc1ccc(N2CCCN([C@@H](C)C(N)=O)CC2)cc1. The van der Waals surface area contributed by atoms with Crippen molar-refractivity contribution in [3.63, 3.8) is 0 Å². The molecule has 110 valence electrons. The van der Waals surface area contributed by atoms with Crippen LogP contribution in [0.5, 0.6) is 5.75 Å². The topological polar surface area (TPSA) is 58.8 Å². The summed E-state index contributed by atoms with van der Waals surface area (Å²) in [6.45, 7) is 5.55. The summed E-state index contributed by atoms with van der Waals surface area (Å²) < 4.78 is 5.18. The average molecular weight is 277 g/mol. The Hall–Kier alpha value is -1.75. The van der Waals surface area contributed by atoms with Crippen LogP contribution in [0.15, 0.2) is 24.3 Å². The Morgan fingerprint density at radius 3 is 2.50 bits per heavy atom. The number of rotatable bonds is 4. The van der Waals surface area contributed by atoms with Crippen molar-refractivity contribution in [2.24, 2.45) is 5.73 Å². The second-order valence-electron chi connectivity index (χ2n) is 5.15. The Bertz CT molecular complexity index is 447. The molecule has 0 aromatic heterocycles. The van der Waals surface area contributed by atoms with Gasteiger partial charge in [-0.3, -0.25) is 9.69 Å². The van der Waals surface area contributed by atoms with Crippen molar-refractivity contribution >= 4 is 11.6 Å². The van der Waals surface area contributed by atoms with Crippen LogP contribution < -0.4 is 15.4 Å². The third-order valence-corrected chi connectivity index (χ3v) is 3.93. The number of amides is 1. The van der Waals surface area contributed by atoms with Crippen molar-refractivity contribution in [3.05, 3.63) is 24.3 Å². The first-order valence-corrected chi connectivity index (χ1v) is 7.04. The molecule has 1 heterocycles. The van der Waals surface area contributed by atoms with Gasteiger partial charge in [-0.05, 0) is 37.6 Å². The van der Waals surface area contributed by atoms with E-state index >= 15 is 0 Å². The van der Waals surface area contributed by atoms with Gasteiger partial charge in [0.1, 0.15) is 5.75 Å². The van der Waals surface area contributed by atoms with E-state index in [1.807, 2.05) is 19.1 Å². The lowest BCUT2D eigenvalue weighted by atomic mass is 10.2. The molecule has 1 aliphatic heterocycles. The minimum Gasteiger partial charge on any atom is -0.497 e. The first kappa shape index (κ1) is 14.7. The summed E-state index contributed by atoms with van der Waals surface area (Å²) in [6, 6.07) is 7.91. The largest absolute Gasteiger partial charge is 0.497 e. The van der Waals surface area contributed by atoms with Gasteiger partial charge in [0.15, 0.2) is 0 Å². The zero-order valence-corrected chi connectivity index (χ0v) is 12.2. The fourth-order valence-electron chi connectivity index (χ4n) is 2.56. The number of carbonyl (C=O) groups is 1. The number of methoxy groups -OCH3 is 1. The second-order valence-corrected chi connectivity index (χ2v) is 5.15. The Morgan fingerprint density at radius 1 is 1.20 bits per heavy atom. The number of benzene rings is 1. The van der Waals surface area contributed by atoms with E-state index in [0.717, 1.165) is 38.3 Å². The van der Waals surface area contributed by atoms with Crippen LogP contribution in [-0.2, 0) is 4.79 Å². The van der Waals surface area contributed by atoms with Gasteiger partial charge in [-0.2, -0.15) is 0 Å². The molecule has 1 fully saturated rings. The molecule has 1 aromatic rings. The van der Waals surface area contributed by atoms with Gasteiger partial charge in [0.05, 0.1) is 13.2 Å². The quantitative estimate of drug-likeness (QED) is 0.895. The highest BCUT2D eigenvalue weighted by atomic mass is 16.5. The lowest BCUT2D eigenvalue weighted by molar-refractivity contribution is -0.122. The summed E-state index contributed by atoms with van der Waals surface area (Å²) in [5.41, 5.74) is 6.58. The minimum atomic E-state index is -0.247. The fourth-order valence-corrected chi connectivity index (χ4v) is 2.56. The van der Waals surface area contributed by atoms with Gasteiger partial charge < -0.3 is 15.4 Å². The van der Waals surface area contributed by atoms with Crippen LogP contribution in [0.3, 0.4) is 0 Å². The molecule has 0 bridgehead atoms. The first-order valence-electron chi connectivity index (χ1n) is 7.04. The van der Waals surface area contributed by atoms with Crippen LogP contribution in [0.2, 0.25) is 0 Å². The fraction of sp³-hybridized carbons (Fsp3) is 0.533. The molecule has 1 aromatic carbocycles. The number of hydrogen-bond donors (Lipinski definition) is 1. The molecule has 0 spiro atoms. The molecule has 1 aliphatic rings. The highest BCUT2D eigenvalue weighted by Crippen LogP contribution is 2.20. The van der Waals surface area contributed by atoms with Crippen molar-refractivity contribution < 1.29 is 9.53 Å². The lowest BCUT2D eigenvalue weighted by Crippen LogP contribution is -2.44. The molecule has 5 heteroatoms. The van der Waals surface area contributed by atoms with Crippen molar-refractivity contribution in [1.82, 2.24) is 4.90 Å². The van der Waals surface area contributed by atoms with Crippen molar-refractivity contribution in [2.75, 3.05) is 38.2 Å². The highest BCUT2D eigenvalue weighted by Gasteiger charge is 2.22. The van der Waals surface area contributed by atoms with Crippen molar-refractivity contribution in [3.8, 4) is 5.75 Å². The van der Waals surface area contributed by atoms with Gasteiger partial charge >= 0.3 is 0 Å². The van der Waals surface area contributed by atoms with E-state index in [9.17, 15) is 4.79 Å². The van der Waals surface area contributed by atoms with Gasteiger partial charge in [0.2, 0.25) is 5.91 Å². The molecule has 0 aliphatic carbocycles. The molecule has 20 heavy (non-hydrogen) atoms. The Kier molecular flexibility index (Phi) is 4.84. The third kappa shape index (κ3) is 3.42. The van der Waals surface area contributed by atoms with Crippen LogP contribution in [0, 0.1) is 0 Å². The van der Waals surface area contributed by atoms with Gasteiger partial charge in [0.25, 0.3) is 0 Å². The van der Waals surface area contributed by atoms with E-state index in [-0.39, 0.29) is 11.9 Å². The summed E-state index contributed by atoms with van der Waals surface area (Å²) >= 11 is 0. The van der Waals surface area contributed by atoms with Crippen LogP contribution in [-0.4, -0.2) is 50.1 Å². The summed E-state index contributed by atoms with van der Waals surface area (Å²) in [6.07, 6.45) is 1.03. The van der Waals surface area contributed by atoms with Crippen LogP contribution in [0.4, 0.5) is 5.69 Å². The Morgan fingerprint density at radius 2 is 1.90 bits per heavy atom. The molecular formula is C15H23N3O2. The number of anilines is 1. The molecule has 1 amide bonds. The molecule has 5 nitrogen and oxygen atoms in total. The summed E-state index contributed by atoms with van der Waals surface area (Å²) in [5.74, 6) is 0.621. The number of nitrogens with two attached hydrogens (primary N) is 1. The summed E-state index contributed by atoms with van der Waals surface area (Å²) in [5, 5.41) is 0. The normalized spacial score (nSPS) is 18.4. The van der Waals surface area contributed by atoms with Crippen molar-refractivity contribution in [2.45, 2.75) is 19.4 Å². The molecular weight excluding hydrogens is 254 g/mol. The smallest absolute Gasteiger partial charge is 0.234 e. The number of nitrogens with zero attached hydrogens (tertiary/aromatic N) is 2. The summed E-state index contributed by atoms with van der Waals surface area (Å²) in [4.78, 5) is 15.8. The molecule has 0 unspecified atom stereocenters. The maximum Gasteiger partial charge on any atom is 0.234 e. The molecule has 1 saturated heterocycles. The van der Waals surface area contributed by atoms with Crippen LogP contribution in [0.1, 0.15) is 13.3 Å². The van der Waals surface area contributed by atoms with E-state index in [4.69, 9.17) is 10.5 Å². The predicted octanol–water partition coefficient (Wildman–Crippen LogP) is 1.08. The van der Waals surface area contributed by atoms with Gasteiger partial charge in [-0.25, -0.2) is 0 Å². The third-order valence-electron chi connectivity index (χ3n) is 3.93. The maximum absolute atomic E-state index is 11.3. The zero-order valence-electron chi connectivity index (χ0n) is 12.2. The van der Waals surface area contributed by atoms with Crippen molar-refractivity contribution in [1.29, 1.82) is 0 Å². The lowest BCUT2D eigenvalue weighted by Gasteiger charge is -2.26. The van der Waals surface area contributed by atoms with E-state index in [1.54, 1.807) is 7.11 Å².